The quantitative estimate of drug-likeness (QED) is 0.631. The Kier molecular flexibility index (Phi) is 3.90. The van der Waals surface area contributed by atoms with Crippen LogP contribution in [0.25, 0.3) is 6.08 Å². The third kappa shape index (κ3) is 2.84. The highest BCUT2D eigenvalue weighted by Gasteiger charge is 2.53. The van der Waals surface area contributed by atoms with Crippen LogP contribution in [0.4, 0.5) is 0 Å². The smallest absolute Gasteiger partial charge is 0.326 e. The molecular weight excluding hydrogens is 268 g/mol. The fourth-order valence-electron chi connectivity index (χ4n) is 2.19. The first-order chi connectivity index (χ1) is 9.83. The number of benzene rings is 1. The van der Waals surface area contributed by atoms with Crippen LogP contribution >= 0.6 is 0 Å². The zero-order valence-electron chi connectivity index (χ0n) is 12.6. The lowest BCUT2D eigenvalue weighted by molar-refractivity contribution is -0.256. The molecule has 0 spiro atoms. The average Bonchev–Trinajstić information content (AvgIpc) is 2.46. The van der Waals surface area contributed by atoms with Gasteiger partial charge >= 0.3 is 11.9 Å². The molecule has 112 valence electrons. The van der Waals surface area contributed by atoms with Crippen molar-refractivity contribution in [3.05, 3.63) is 42.0 Å². The molecule has 1 saturated heterocycles. The first-order valence-corrected chi connectivity index (χ1v) is 7.01. The molecule has 21 heavy (non-hydrogen) atoms. The summed E-state index contributed by atoms with van der Waals surface area (Å²) in [5, 5.41) is 0. The van der Waals surface area contributed by atoms with Gasteiger partial charge in [0.05, 0.1) is 0 Å². The van der Waals surface area contributed by atoms with Gasteiger partial charge in [-0.2, -0.15) is 0 Å². The lowest BCUT2D eigenvalue weighted by Gasteiger charge is -2.39. The normalized spacial score (nSPS) is 28.7. The zero-order chi connectivity index (χ0) is 15.7. The summed E-state index contributed by atoms with van der Waals surface area (Å²) in [5.74, 6) is -2.22. The van der Waals surface area contributed by atoms with Crippen molar-refractivity contribution in [1.82, 2.24) is 0 Å². The third-order valence-electron chi connectivity index (χ3n) is 3.93. The molecule has 1 heterocycles. The molecule has 1 aliphatic heterocycles. The Bertz CT molecular complexity index is 553. The Labute approximate surface area is 124 Å². The lowest BCUT2D eigenvalue weighted by atomic mass is 9.82. The molecule has 1 fully saturated rings. The Hall–Kier alpha value is -2.10. The molecule has 1 aromatic carbocycles. The van der Waals surface area contributed by atoms with E-state index in [1.807, 2.05) is 24.3 Å². The van der Waals surface area contributed by atoms with Crippen LogP contribution in [-0.4, -0.2) is 17.7 Å². The molecule has 0 atom stereocenters. The fourth-order valence-corrected chi connectivity index (χ4v) is 2.19. The summed E-state index contributed by atoms with van der Waals surface area (Å²) < 4.78 is 10.7. The summed E-state index contributed by atoms with van der Waals surface area (Å²) in [4.78, 5) is 24.6. The van der Waals surface area contributed by atoms with Crippen LogP contribution in [-0.2, 0) is 25.5 Å². The molecule has 0 saturated carbocycles. The summed E-state index contributed by atoms with van der Waals surface area (Å²) in [5.41, 5.74) is 0.554. The van der Waals surface area contributed by atoms with Gasteiger partial charge in [-0.15, -0.1) is 0 Å². The van der Waals surface area contributed by atoms with Gasteiger partial charge in [-0.25, -0.2) is 0 Å². The molecule has 0 N–H and O–H groups in total. The van der Waals surface area contributed by atoms with Crippen LogP contribution in [0.15, 0.2) is 30.8 Å². The first-order valence-electron chi connectivity index (χ1n) is 7.01. The molecular formula is C17H20O4. The van der Waals surface area contributed by atoms with E-state index in [1.54, 1.807) is 26.8 Å². The summed E-state index contributed by atoms with van der Waals surface area (Å²) in [7, 11) is 0. The van der Waals surface area contributed by atoms with Gasteiger partial charge in [0, 0.05) is 13.3 Å². The van der Waals surface area contributed by atoms with E-state index in [0.717, 1.165) is 11.1 Å². The van der Waals surface area contributed by atoms with Gasteiger partial charge in [-0.05, 0) is 24.5 Å². The molecule has 4 nitrogen and oxygen atoms in total. The second-order valence-corrected chi connectivity index (χ2v) is 5.72. The topological polar surface area (TPSA) is 52.6 Å². The monoisotopic (exact) mass is 288 g/mol. The summed E-state index contributed by atoms with van der Waals surface area (Å²) in [6.07, 6.45) is 2.41. The van der Waals surface area contributed by atoms with E-state index in [2.05, 4.69) is 6.58 Å². The van der Waals surface area contributed by atoms with E-state index < -0.39 is 23.1 Å². The van der Waals surface area contributed by atoms with Crippen molar-refractivity contribution in [2.45, 2.75) is 39.4 Å². The highest BCUT2D eigenvalue weighted by Crippen LogP contribution is 2.36. The number of hydrogen-bond donors (Lipinski definition) is 0. The van der Waals surface area contributed by atoms with E-state index in [1.165, 1.54) is 0 Å². The molecule has 2 rings (SSSR count). The van der Waals surface area contributed by atoms with Crippen LogP contribution < -0.4 is 0 Å². The lowest BCUT2D eigenvalue weighted by Crippen LogP contribution is -2.54. The molecule has 1 aromatic rings. The van der Waals surface area contributed by atoms with Gasteiger partial charge in [0.15, 0.2) is 5.41 Å². The van der Waals surface area contributed by atoms with Crippen molar-refractivity contribution in [1.29, 1.82) is 0 Å². The van der Waals surface area contributed by atoms with Gasteiger partial charge in [0.2, 0.25) is 0 Å². The third-order valence-corrected chi connectivity index (χ3v) is 3.93. The molecule has 0 aromatic heterocycles. The summed E-state index contributed by atoms with van der Waals surface area (Å²) >= 11 is 0. The Morgan fingerprint density at radius 3 is 2.05 bits per heavy atom. The van der Waals surface area contributed by atoms with Crippen LogP contribution in [0.5, 0.6) is 0 Å². The fraction of sp³-hybridized carbons (Fsp3) is 0.412. The van der Waals surface area contributed by atoms with Crippen molar-refractivity contribution in [3.63, 3.8) is 0 Å². The second kappa shape index (κ2) is 5.35. The number of esters is 2. The number of cyclic esters (lactones) is 2. The Balaban J connectivity index is 2.23. The minimum absolute atomic E-state index is 0.252. The number of hydrogen-bond acceptors (Lipinski definition) is 4. The zero-order valence-corrected chi connectivity index (χ0v) is 12.6. The Morgan fingerprint density at radius 1 is 1.10 bits per heavy atom. The van der Waals surface area contributed by atoms with Crippen LogP contribution in [0.3, 0.4) is 0 Å². The van der Waals surface area contributed by atoms with Crippen molar-refractivity contribution in [3.8, 4) is 0 Å². The van der Waals surface area contributed by atoms with Gasteiger partial charge < -0.3 is 9.47 Å². The molecule has 1 aliphatic rings. The highest BCUT2D eigenvalue weighted by atomic mass is 16.7. The number of carbonyl (C=O) groups is 2. The maximum Gasteiger partial charge on any atom is 0.326 e. The molecule has 4 heteroatoms. The molecule has 0 aliphatic carbocycles. The van der Waals surface area contributed by atoms with Crippen molar-refractivity contribution in [2.24, 2.45) is 5.41 Å². The number of carbonyl (C=O) groups excluding carboxylic acids is 2. The molecule has 0 bridgehead atoms. The van der Waals surface area contributed by atoms with Gasteiger partial charge in [-0.3, -0.25) is 9.59 Å². The van der Waals surface area contributed by atoms with Crippen molar-refractivity contribution in [2.75, 3.05) is 0 Å². The van der Waals surface area contributed by atoms with E-state index in [9.17, 15) is 9.59 Å². The molecule has 0 amide bonds. The van der Waals surface area contributed by atoms with Crippen molar-refractivity contribution < 1.29 is 19.1 Å². The minimum atomic E-state index is -1.30. The van der Waals surface area contributed by atoms with E-state index >= 15 is 0 Å². The number of rotatable bonds is 4. The second-order valence-electron chi connectivity index (χ2n) is 5.72. The van der Waals surface area contributed by atoms with Gasteiger partial charge in [-0.1, -0.05) is 43.8 Å². The average molecular weight is 288 g/mol. The first kappa shape index (κ1) is 15.3. The van der Waals surface area contributed by atoms with Crippen LogP contribution in [0.2, 0.25) is 0 Å². The van der Waals surface area contributed by atoms with E-state index in [-0.39, 0.29) is 6.42 Å². The Morgan fingerprint density at radius 2 is 1.62 bits per heavy atom. The standard InChI is InChI=1S/C17H20O4/c1-5-12-7-9-13(10-8-12)11-16(3)14(18)20-17(4,6-2)21-15(16)19/h5,7-10H,1,6,11H2,2-4H3. The largest absolute Gasteiger partial charge is 0.422 e. The summed E-state index contributed by atoms with van der Waals surface area (Å²) in [6.45, 7) is 8.66. The van der Waals surface area contributed by atoms with Gasteiger partial charge in [0.25, 0.3) is 5.79 Å². The van der Waals surface area contributed by atoms with E-state index in [0.29, 0.717) is 6.42 Å². The van der Waals surface area contributed by atoms with E-state index in [4.69, 9.17) is 9.47 Å². The van der Waals surface area contributed by atoms with Crippen molar-refractivity contribution >= 4 is 18.0 Å². The highest BCUT2D eigenvalue weighted by molar-refractivity contribution is 6.01. The predicted octanol–water partition coefficient (Wildman–Crippen LogP) is 3.10. The maximum atomic E-state index is 12.3. The number of ether oxygens (including phenoxy) is 2. The van der Waals surface area contributed by atoms with Crippen LogP contribution in [0, 0.1) is 5.41 Å². The van der Waals surface area contributed by atoms with Crippen LogP contribution in [0.1, 0.15) is 38.3 Å². The predicted molar refractivity (Wildman–Crippen MR) is 79.2 cm³/mol. The molecule has 0 unspecified atom stereocenters. The molecule has 0 radical (unpaired) electrons. The minimum Gasteiger partial charge on any atom is -0.422 e. The SMILES string of the molecule is C=Cc1ccc(CC2(C)C(=O)OC(C)(CC)OC2=O)cc1. The summed E-state index contributed by atoms with van der Waals surface area (Å²) in [6, 6.07) is 7.52. The maximum absolute atomic E-state index is 12.3. The van der Waals surface area contributed by atoms with Gasteiger partial charge in [0.1, 0.15) is 0 Å².